The van der Waals surface area contributed by atoms with Gasteiger partial charge in [0, 0.05) is 22.7 Å². The highest BCUT2D eigenvalue weighted by Gasteiger charge is 2.21. The monoisotopic (exact) mass is 337 g/mol. The lowest BCUT2D eigenvalue weighted by Gasteiger charge is -2.16. The summed E-state index contributed by atoms with van der Waals surface area (Å²) in [4.78, 5) is 27.5. The maximum Gasteiger partial charge on any atom is 0.270 e. The Hall–Kier alpha value is -2.11. The van der Waals surface area contributed by atoms with Crippen molar-refractivity contribution in [2.24, 2.45) is 5.73 Å². The molecule has 0 aliphatic heterocycles. The van der Waals surface area contributed by atoms with Crippen molar-refractivity contribution in [3.05, 3.63) is 63.9 Å². The number of hydrogen-bond donors (Lipinski definition) is 2. The fourth-order valence-electron chi connectivity index (χ4n) is 1.86. The molecule has 1 heterocycles. The van der Waals surface area contributed by atoms with Crippen LogP contribution in [0.2, 0.25) is 10.0 Å². The first-order valence-corrected chi connectivity index (χ1v) is 7.18. The Bertz CT molecular complexity index is 692. The smallest absolute Gasteiger partial charge is 0.270 e. The minimum Gasteiger partial charge on any atom is -0.368 e. The minimum atomic E-state index is -0.895. The van der Waals surface area contributed by atoms with Gasteiger partial charge in [-0.3, -0.25) is 14.6 Å². The van der Waals surface area contributed by atoms with Crippen LogP contribution in [0.3, 0.4) is 0 Å². The third-order valence-electron chi connectivity index (χ3n) is 2.99. The predicted molar refractivity (Wildman–Crippen MR) is 84.9 cm³/mol. The standard InChI is InChI=1S/C15H13Cl2N3O2/c16-10-5-4-9(11(17)8-10)7-13(14(18)21)20-15(22)12-3-1-2-6-19-12/h1-6,8,13H,7H2,(H2,18,21)(H,20,22)/t13-/m0/s1. The molecule has 0 saturated carbocycles. The first-order valence-electron chi connectivity index (χ1n) is 6.42. The largest absolute Gasteiger partial charge is 0.368 e. The van der Waals surface area contributed by atoms with E-state index in [4.69, 9.17) is 28.9 Å². The summed E-state index contributed by atoms with van der Waals surface area (Å²) >= 11 is 11.9. The van der Waals surface area contributed by atoms with E-state index in [0.717, 1.165) is 0 Å². The first-order chi connectivity index (χ1) is 10.5. The van der Waals surface area contributed by atoms with Crippen molar-refractivity contribution >= 4 is 35.0 Å². The summed E-state index contributed by atoms with van der Waals surface area (Å²) in [7, 11) is 0. The van der Waals surface area contributed by atoms with Crippen LogP contribution >= 0.6 is 23.2 Å². The van der Waals surface area contributed by atoms with Gasteiger partial charge in [-0.1, -0.05) is 35.3 Å². The average Bonchev–Trinajstić information content (AvgIpc) is 2.49. The Morgan fingerprint density at radius 1 is 1.23 bits per heavy atom. The summed E-state index contributed by atoms with van der Waals surface area (Å²) in [5.74, 6) is -1.13. The third-order valence-corrected chi connectivity index (χ3v) is 3.57. The summed E-state index contributed by atoms with van der Waals surface area (Å²) in [6.07, 6.45) is 1.66. The Balaban J connectivity index is 2.14. The molecule has 22 heavy (non-hydrogen) atoms. The highest BCUT2D eigenvalue weighted by atomic mass is 35.5. The molecule has 3 N–H and O–H groups in total. The molecule has 2 amide bonds. The van der Waals surface area contributed by atoms with Gasteiger partial charge in [0.2, 0.25) is 5.91 Å². The lowest BCUT2D eigenvalue weighted by atomic mass is 10.1. The molecule has 0 radical (unpaired) electrons. The molecule has 0 aliphatic rings. The number of carbonyl (C=O) groups excluding carboxylic acids is 2. The zero-order valence-corrected chi connectivity index (χ0v) is 12.9. The van der Waals surface area contributed by atoms with Crippen molar-refractivity contribution in [3.63, 3.8) is 0 Å². The minimum absolute atomic E-state index is 0.171. The quantitative estimate of drug-likeness (QED) is 0.877. The Morgan fingerprint density at radius 2 is 2.00 bits per heavy atom. The van der Waals surface area contributed by atoms with Crippen molar-refractivity contribution < 1.29 is 9.59 Å². The number of aromatic nitrogens is 1. The van der Waals surface area contributed by atoms with Gasteiger partial charge in [0.1, 0.15) is 11.7 Å². The van der Waals surface area contributed by atoms with E-state index in [-0.39, 0.29) is 12.1 Å². The van der Waals surface area contributed by atoms with Gasteiger partial charge >= 0.3 is 0 Å². The number of nitrogens with two attached hydrogens (primary N) is 1. The molecule has 0 spiro atoms. The molecule has 2 rings (SSSR count). The van der Waals surface area contributed by atoms with Crippen molar-refractivity contribution in [3.8, 4) is 0 Å². The van der Waals surface area contributed by atoms with E-state index in [1.54, 1.807) is 36.4 Å². The van der Waals surface area contributed by atoms with Crippen LogP contribution in [-0.2, 0) is 11.2 Å². The highest BCUT2D eigenvalue weighted by Crippen LogP contribution is 2.22. The number of amides is 2. The second-order valence-electron chi connectivity index (χ2n) is 4.58. The van der Waals surface area contributed by atoms with Crippen LogP contribution in [0.25, 0.3) is 0 Å². The molecule has 7 heteroatoms. The number of benzene rings is 1. The van der Waals surface area contributed by atoms with Crippen molar-refractivity contribution in [1.82, 2.24) is 10.3 Å². The van der Waals surface area contributed by atoms with Gasteiger partial charge in [-0.2, -0.15) is 0 Å². The van der Waals surface area contributed by atoms with Crippen LogP contribution in [-0.4, -0.2) is 22.8 Å². The SMILES string of the molecule is NC(=O)[C@H](Cc1ccc(Cl)cc1Cl)NC(=O)c1ccccn1. The van der Waals surface area contributed by atoms with Crippen LogP contribution in [0.15, 0.2) is 42.6 Å². The van der Waals surface area contributed by atoms with Crippen LogP contribution in [0.1, 0.15) is 16.1 Å². The third kappa shape index (κ3) is 4.19. The van der Waals surface area contributed by atoms with Gasteiger partial charge in [-0.15, -0.1) is 0 Å². The molecule has 5 nitrogen and oxygen atoms in total. The average molecular weight is 338 g/mol. The Morgan fingerprint density at radius 3 is 2.59 bits per heavy atom. The molecule has 0 unspecified atom stereocenters. The van der Waals surface area contributed by atoms with Gasteiger partial charge in [0.25, 0.3) is 5.91 Å². The molecule has 0 aliphatic carbocycles. The Labute approximate surface area is 137 Å². The van der Waals surface area contributed by atoms with E-state index in [1.807, 2.05) is 0 Å². The number of carbonyl (C=O) groups is 2. The molecule has 114 valence electrons. The number of hydrogen-bond acceptors (Lipinski definition) is 3. The molecule has 1 aromatic carbocycles. The van der Waals surface area contributed by atoms with Crippen LogP contribution in [0.4, 0.5) is 0 Å². The molecule has 0 saturated heterocycles. The predicted octanol–water partition coefficient (Wildman–Crippen LogP) is 2.21. The van der Waals surface area contributed by atoms with Crippen LogP contribution in [0.5, 0.6) is 0 Å². The zero-order chi connectivity index (χ0) is 16.1. The number of pyridine rings is 1. The first kappa shape index (κ1) is 16.3. The van der Waals surface area contributed by atoms with E-state index in [2.05, 4.69) is 10.3 Å². The lowest BCUT2D eigenvalue weighted by Crippen LogP contribution is -2.46. The molecule has 1 atom stereocenters. The number of halogens is 2. The number of nitrogens with zero attached hydrogens (tertiary/aromatic N) is 1. The van der Waals surface area contributed by atoms with E-state index >= 15 is 0 Å². The fraction of sp³-hybridized carbons (Fsp3) is 0.133. The maximum atomic E-state index is 12.1. The maximum absolute atomic E-state index is 12.1. The zero-order valence-electron chi connectivity index (χ0n) is 11.4. The second kappa shape index (κ2) is 7.24. The Kier molecular flexibility index (Phi) is 5.35. The van der Waals surface area contributed by atoms with Crippen molar-refractivity contribution in [2.75, 3.05) is 0 Å². The molecule has 2 aromatic rings. The highest BCUT2D eigenvalue weighted by molar-refractivity contribution is 6.35. The summed E-state index contributed by atoms with van der Waals surface area (Å²) in [5.41, 5.74) is 6.22. The van der Waals surface area contributed by atoms with Gasteiger partial charge in [0.15, 0.2) is 0 Å². The topological polar surface area (TPSA) is 85.1 Å². The molecule has 1 aromatic heterocycles. The fourth-order valence-corrected chi connectivity index (χ4v) is 2.34. The van der Waals surface area contributed by atoms with Crippen LogP contribution in [0, 0.1) is 0 Å². The summed E-state index contributed by atoms with van der Waals surface area (Å²) in [5, 5.41) is 3.45. The summed E-state index contributed by atoms with van der Waals surface area (Å²) < 4.78 is 0. The number of nitrogens with one attached hydrogen (secondary N) is 1. The van der Waals surface area contributed by atoms with Gasteiger partial charge in [-0.25, -0.2) is 0 Å². The van der Waals surface area contributed by atoms with E-state index in [0.29, 0.717) is 15.6 Å². The number of primary amides is 1. The van der Waals surface area contributed by atoms with E-state index < -0.39 is 17.9 Å². The van der Waals surface area contributed by atoms with Crippen LogP contribution < -0.4 is 11.1 Å². The molecule has 0 fully saturated rings. The van der Waals surface area contributed by atoms with Gasteiger partial charge in [-0.05, 0) is 29.8 Å². The van der Waals surface area contributed by atoms with Gasteiger partial charge in [0.05, 0.1) is 0 Å². The van der Waals surface area contributed by atoms with E-state index in [1.165, 1.54) is 6.20 Å². The molecular formula is C15H13Cl2N3O2. The van der Waals surface area contributed by atoms with Crippen molar-refractivity contribution in [1.29, 1.82) is 0 Å². The molecule has 0 bridgehead atoms. The van der Waals surface area contributed by atoms with Crippen molar-refractivity contribution in [2.45, 2.75) is 12.5 Å². The summed E-state index contributed by atoms with van der Waals surface area (Å²) in [6, 6.07) is 8.93. The normalized spacial score (nSPS) is 11.7. The summed E-state index contributed by atoms with van der Waals surface area (Å²) in [6.45, 7) is 0. The second-order valence-corrected chi connectivity index (χ2v) is 5.43. The molecular weight excluding hydrogens is 325 g/mol. The number of rotatable bonds is 5. The van der Waals surface area contributed by atoms with Gasteiger partial charge < -0.3 is 11.1 Å². The van der Waals surface area contributed by atoms with E-state index in [9.17, 15) is 9.59 Å². The lowest BCUT2D eigenvalue weighted by molar-refractivity contribution is -0.119.